The van der Waals surface area contributed by atoms with Gasteiger partial charge in [-0.2, -0.15) is 0 Å². The molecule has 1 atom stereocenters. The molecule has 9 nitrogen and oxygen atoms in total. The lowest BCUT2D eigenvalue weighted by Gasteiger charge is -2.29. The van der Waals surface area contributed by atoms with E-state index in [9.17, 15) is 18.0 Å². The van der Waals surface area contributed by atoms with E-state index in [-0.39, 0.29) is 24.8 Å². The number of anilines is 1. The topological polar surface area (TPSA) is 105 Å². The zero-order valence-electron chi connectivity index (χ0n) is 20.4. The molecule has 3 rings (SSSR count). The number of rotatable bonds is 11. The second kappa shape index (κ2) is 11.9. The Hall–Kier alpha value is -3.27. The SMILES string of the molecule is CNC(=O)[C@@H](C)N(CCc1ccccc1)C(=O)CCCN(c1ccc2c(c1)OCCO2)S(C)(=O)=O. The maximum absolute atomic E-state index is 13.1. The minimum Gasteiger partial charge on any atom is -0.486 e. The Labute approximate surface area is 207 Å². The highest BCUT2D eigenvalue weighted by atomic mass is 32.2. The summed E-state index contributed by atoms with van der Waals surface area (Å²) in [5.74, 6) is 0.610. The smallest absolute Gasteiger partial charge is 0.242 e. The summed E-state index contributed by atoms with van der Waals surface area (Å²) in [7, 11) is -2.06. The third-order valence-corrected chi connectivity index (χ3v) is 7.06. The van der Waals surface area contributed by atoms with Crippen LogP contribution in [0.25, 0.3) is 0 Å². The highest BCUT2D eigenvalue weighted by molar-refractivity contribution is 7.92. The highest BCUT2D eigenvalue weighted by Crippen LogP contribution is 2.34. The van der Waals surface area contributed by atoms with Gasteiger partial charge in [0.15, 0.2) is 11.5 Å². The number of carbonyl (C=O) groups is 2. The number of nitrogens with one attached hydrogen (secondary N) is 1. The highest BCUT2D eigenvalue weighted by Gasteiger charge is 2.26. The van der Waals surface area contributed by atoms with E-state index in [1.807, 2.05) is 30.3 Å². The van der Waals surface area contributed by atoms with Crippen molar-refractivity contribution >= 4 is 27.5 Å². The van der Waals surface area contributed by atoms with Gasteiger partial charge in [0, 0.05) is 32.6 Å². The fraction of sp³-hybridized carbons (Fsp3) is 0.440. The molecule has 0 aliphatic carbocycles. The lowest BCUT2D eigenvalue weighted by atomic mass is 10.1. The molecule has 0 radical (unpaired) electrons. The standard InChI is InChI=1S/C25H33N3O6S/c1-19(25(30)26-2)27(15-13-20-8-5-4-6-9-20)24(29)10-7-14-28(35(3,31)32)21-11-12-22-23(18-21)34-17-16-33-22/h4-6,8-9,11-12,18-19H,7,10,13-17H2,1-3H3,(H,26,30)/t19-/m1/s1. The minimum absolute atomic E-state index is 0.104. The number of carbonyl (C=O) groups excluding carboxylic acids is 2. The van der Waals surface area contributed by atoms with Crippen molar-refractivity contribution in [2.45, 2.75) is 32.2 Å². The monoisotopic (exact) mass is 503 g/mol. The number of nitrogens with zero attached hydrogens (tertiary/aromatic N) is 2. The first-order valence-corrected chi connectivity index (χ1v) is 13.5. The van der Waals surface area contributed by atoms with E-state index in [1.54, 1.807) is 30.0 Å². The summed E-state index contributed by atoms with van der Waals surface area (Å²) in [5.41, 5.74) is 1.51. The molecule has 1 heterocycles. The van der Waals surface area contributed by atoms with Crippen LogP contribution in [0, 0.1) is 0 Å². The van der Waals surface area contributed by atoms with Gasteiger partial charge in [0.2, 0.25) is 21.8 Å². The maximum atomic E-state index is 13.1. The summed E-state index contributed by atoms with van der Waals surface area (Å²) in [6.45, 7) is 3.03. The Morgan fingerprint density at radius 1 is 1.03 bits per heavy atom. The summed E-state index contributed by atoms with van der Waals surface area (Å²) in [5, 5.41) is 2.60. The molecule has 0 fully saturated rings. The molecule has 0 spiro atoms. The molecule has 2 aromatic carbocycles. The first-order chi connectivity index (χ1) is 16.7. The van der Waals surface area contributed by atoms with Crippen molar-refractivity contribution in [1.82, 2.24) is 10.2 Å². The molecule has 1 aliphatic rings. The lowest BCUT2D eigenvalue weighted by molar-refractivity contribution is -0.139. The summed E-state index contributed by atoms with van der Waals surface area (Å²) in [6, 6.07) is 14.1. The predicted molar refractivity (Wildman–Crippen MR) is 134 cm³/mol. The summed E-state index contributed by atoms with van der Waals surface area (Å²) in [4.78, 5) is 27.0. The number of fused-ring (bicyclic) bond motifs is 1. The van der Waals surface area contributed by atoms with Crippen LogP contribution in [0.2, 0.25) is 0 Å². The van der Waals surface area contributed by atoms with E-state index in [0.717, 1.165) is 11.8 Å². The van der Waals surface area contributed by atoms with Crippen LogP contribution in [0.3, 0.4) is 0 Å². The largest absolute Gasteiger partial charge is 0.486 e. The fourth-order valence-electron chi connectivity index (χ4n) is 3.97. The average molecular weight is 504 g/mol. The molecule has 1 N–H and O–H groups in total. The maximum Gasteiger partial charge on any atom is 0.242 e. The van der Waals surface area contributed by atoms with Gasteiger partial charge in [-0.05, 0) is 37.5 Å². The van der Waals surface area contributed by atoms with E-state index < -0.39 is 16.1 Å². The number of sulfonamides is 1. The van der Waals surface area contributed by atoms with Crippen LogP contribution >= 0.6 is 0 Å². The number of likely N-dealkylation sites (N-methyl/N-ethyl adjacent to an activating group) is 1. The molecule has 190 valence electrons. The Morgan fingerprint density at radius 2 is 1.71 bits per heavy atom. The molecular formula is C25H33N3O6S. The van der Waals surface area contributed by atoms with Crippen molar-refractivity contribution in [3.63, 3.8) is 0 Å². The van der Waals surface area contributed by atoms with Crippen molar-refractivity contribution in [2.24, 2.45) is 0 Å². The number of hydrogen-bond donors (Lipinski definition) is 1. The summed E-state index contributed by atoms with van der Waals surface area (Å²) in [6.07, 6.45) is 2.14. The average Bonchev–Trinajstić information content (AvgIpc) is 2.85. The van der Waals surface area contributed by atoms with Crippen LogP contribution in [-0.2, 0) is 26.0 Å². The Kier molecular flexibility index (Phi) is 8.97. The summed E-state index contributed by atoms with van der Waals surface area (Å²) < 4.78 is 37.4. The Balaban J connectivity index is 1.68. The molecule has 2 aromatic rings. The molecule has 2 amide bonds. The van der Waals surface area contributed by atoms with Gasteiger partial charge in [-0.1, -0.05) is 30.3 Å². The number of benzene rings is 2. The molecule has 0 bridgehead atoms. The molecule has 0 unspecified atom stereocenters. The molecule has 0 aromatic heterocycles. The van der Waals surface area contributed by atoms with E-state index in [2.05, 4.69) is 5.32 Å². The lowest BCUT2D eigenvalue weighted by Crippen LogP contribution is -2.48. The van der Waals surface area contributed by atoms with Gasteiger partial charge in [-0.3, -0.25) is 13.9 Å². The van der Waals surface area contributed by atoms with Crippen molar-refractivity contribution in [3.05, 3.63) is 54.1 Å². The summed E-state index contributed by atoms with van der Waals surface area (Å²) >= 11 is 0. The van der Waals surface area contributed by atoms with Crippen LogP contribution in [-0.4, -0.2) is 70.8 Å². The van der Waals surface area contributed by atoms with Crippen LogP contribution in [0.15, 0.2) is 48.5 Å². The first kappa shape index (κ1) is 26.3. The third-order valence-electron chi connectivity index (χ3n) is 5.86. The molecule has 0 saturated carbocycles. The molecule has 35 heavy (non-hydrogen) atoms. The van der Waals surface area contributed by atoms with Gasteiger partial charge in [0.05, 0.1) is 11.9 Å². The van der Waals surface area contributed by atoms with E-state index in [0.29, 0.717) is 49.8 Å². The molecular weight excluding hydrogens is 470 g/mol. The number of amides is 2. The zero-order valence-corrected chi connectivity index (χ0v) is 21.2. The Morgan fingerprint density at radius 3 is 2.37 bits per heavy atom. The van der Waals surface area contributed by atoms with Crippen molar-refractivity contribution < 1.29 is 27.5 Å². The van der Waals surface area contributed by atoms with Crippen LogP contribution in [0.4, 0.5) is 5.69 Å². The fourth-order valence-corrected chi connectivity index (χ4v) is 4.93. The second-order valence-corrected chi connectivity index (χ2v) is 10.3. The number of ether oxygens (including phenoxy) is 2. The first-order valence-electron chi connectivity index (χ1n) is 11.6. The number of hydrogen-bond acceptors (Lipinski definition) is 6. The van der Waals surface area contributed by atoms with Crippen molar-refractivity contribution in [1.29, 1.82) is 0 Å². The quantitative estimate of drug-likeness (QED) is 0.504. The van der Waals surface area contributed by atoms with Gasteiger partial charge in [-0.25, -0.2) is 8.42 Å². The minimum atomic E-state index is -3.59. The van der Waals surface area contributed by atoms with E-state index in [4.69, 9.17) is 9.47 Å². The second-order valence-electron chi connectivity index (χ2n) is 8.38. The van der Waals surface area contributed by atoms with Crippen LogP contribution in [0.5, 0.6) is 11.5 Å². The van der Waals surface area contributed by atoms with Gasteiger partial charge in [0.25, 0.3) is 0 Å². The zero-order chi connectivity index (χ0) is 25.4. The van der Waals surface area contributed by atoms with Crippen molar-refractivity contribution in [2.75, 3.05) is 43.9 Å². The third kappa shape index (κ3) is 7.11. The normalized spacial score (nSPS) is 13.6. The van der Waals surface area contributed by atoms with Gasteiger partial charge >= 0.3 is 0 Å². The predicted octanol–water partition coefficient (Wildman–Crippen LogP) is 2.21. The molecule has 0 saturated heterocycles. The molecule has 1 aliphatic heterocycles. The van der Waals surface area contributed by atoms with Crippen molar-refractivity contribution in [3.8, 4) is 11.5 Å². The Bertz CT molecular complexity index is 1120. The van der Waals surface area contributed by atoms with Gasteiger partial charge in [0.1, 0.15) is 19.3 Å². The van der Waals surface area contributed by atoms with E-state index in [1.165, 1.54) is 11.4 Å². The van der Waals surface area contributed by atoms with E-state index >= 15 is 0 Å². The van der Waals surface area contributed by atoms with Gasteiger partial charge < -0.3 is 19.7 Å². The molecule has 10 heteroatoms. The van der Waals surface area contributed by atoms with Crippen LogP contribution < -0.4 is 19.1 Å². The van der Waals surface area contributed by atoms with Crippen LogP contribution in [0.1, 0.15) is 25.3 Å². The van der Waals surface area contributed by atoms with Gasteiger partial charge in [-0.15, -0.1) is 0 Å².